The lowest BCUT2D eigenvalue weighted by molar-refractivity contribution is -0.113. The van der Waals surface area contributed by atoms with E-state index in [1.54, 1.807) is 0 Å². The van der Waals surface area contributed by atoms with Gasteiger partial charge in [-0.15, -0.1) is 0 Å². The molecule has 0 heterocycles. The first-order chi connectivity index (χ1) is 6.20. The maximum absolute atomic E-state index is 10.9. The predicted molar refractivity (Wildman–Crippen MR) is 55.0 cm³/mol. The Kier molecular flexibility index (Phi) is 3.58. The summed E-state index contributed by atoms with van der Waals surface area (Å²) in [4.78, 5) is 10.9. The van der Waals surface area contributed by atoms with Crippen LogP contribution in [0.25, 0.3) is 0 Å². The first kappa shape index (κ1) is 9.86. The molecule has 0 aliphatic rings. The molecule has 0 unspecified atom stereocenters. The van der Waals surface area contributed by atoms with Gasteiger partial charge in [-0.3, -0.25) is 4.79 Å². The van der Waals surface area contributed by atoms with Crippen LogP contribution in [0.3, 0.4) is 0 Å². The van der Waals surface area contributed by atoms with Gasteiger partial charge >= 0.3 is 0 Å². The molecule has 3 heteroatoms. The number of aliphatic hydroxyl groups is 1. The number of hydrogen-bond acceptors (Lipinski definition) is 2. The zero-order valence-corrected chi connectivity index (χ0v) is 7.88. The Morgan fingerprint density at radius 1 is 1.31 bits per heavy atom. The molecule has 1 aromatic rings. The molecule has 0 spiro atoms. The summed E-state index contributed by atoms with van der Waals surface area (Å²) in [6, 6.07) is 9.62. The highest BCUT2D eigenvalue weighted by Gasteiger charge is 2.06. The fourth-order valence-electron chi connectivity index (χ4n) is 1.01. The van der Waals surface area contributed by atoms with Crippen LogP contribution in [0.2, 0.25) is 0 Å². The van der Waals surface area contributed by atoms with Crippen molar-refractivity contribution < 1.29 is 9.90 Å². The van der Waals surface area contributed by atoms with Gasteiger partial charge in [0.05, 0.1) is 0 Å². The molecule has 0 saturated heterocycles. The van der Waals surface area contributed by atoms with Crippen LogP contribution in [0.1, 0.15) is 12.0 Å². The van der Waals surface area contributed by atoms with Crippen LogP contribution < -0.4 is 0 Å². The van der Waals surface area contributed by atoms with Crippen LogP contribution in [0.15, 0.2) is 30.3 Å². The molecule has 0 amide bonds. The molecule has 2 nitrogen and oxygen atoms in total. The number of Topliss-reactive ketones (excluding diaryl/α,β-unsaturated/α-hetero) is 1. The van der Waals surface area contributed by atoms with Crippen molar-refractivity contribution in [1.82, 2.24) is 0 Å². The summed E-state index contributed by atoms with van der Waals surface area (Å²) in [5.74, 6) is -0.362. The number of carbonyl (C=O) groups excluding carboxylic acids is 1. The fraction of sp³-hybridized carbons (Fsp3) is 0.200. The molecule has 1 rings (SSSR count). The van der Waals surface area contributed by atoms with Crippen LogP contribution in [0.5, 0.6) is 0 Å². The highest BCUT2D eigenvalue weighted by molar-refractivity contribution is 7.81. The summed E-state index contributed by atoms with van der Waals surface area (Å²) < 4.78 is 0. The third-order valence-corrected chi connectivity index (χ3v) is 1.95. The summed E-state index contributed by atoms with van der Waals surface area (Å²) in [5, 5.41) is 8.16. The van der Waals surface area contributed by atoms with E-state index in [0.717, 1.165) is 5.56 Å². The molecule has 0 aliphatic carbocycles. The molecule has 0 aliphatic heterocycles. The lowest BCUT2D eigenvalue weighted by atomic mass is 10.1. The highest BCUT2D eigenvalue weighted by Crippen LogP contribution is 2.02. The van der Waals surface area contributed by atoms with Gasteiger partial charge in [-0.05, 0) is 24.2 Å². The van der Waals surface area contributed by atoms with E-state index in [2.05, 4.69) is 12.2 Å². The number of aliphatic hydroxyl groups excluding tert-OH is 1. The standard InChI is InChI=1S/C10H10O2S/c11-9(10(12)13)7-6-8-4-2-1-3-5-8/h1-5H,6-7H2,(H,12,13). The van der Waals surface area contributed by atoms with E-state index in [9.17, 15) is 4.79 Å². The summed E-state index contributed by atoms with van der Waals surface area (Å²) in [6.07, 6.45) is 0.902. The molecular formula is C10H10O2S. The Hall–Kier alpha value is -1.22. The van der Waals surface area contributed by atoms with E-state index in [-0.39, 0.29) is 12.2 Å². The van der Waals surface area contributed by atoms with Gasteiger partial charge in [0.25, 0.3) is 0 Å². The van der Waals surface area contributed by atoms with Crippen LogP contribution in [0, 0.1) is 0 Å². The SMILES string of the molecule is O=C(CCc1ccccc1)C(O)=S. The average molecular weight is 194 g/mol. The van der Waals surface area contributed by atoms with Gasteiger partial charge < -0.3 is 5.11 Å². The minimum atomic E-state index is -0.518. The molecule has 0 saturated carbocycles. The number of ketones is 1. The fourth-order valence-corrected chi connectivity index (χ4v) is 1.11. The molecule has 0 atom stereocenters. The number of rotatable bonds is 4. The summed E-state index contributed by atoms with van der Waals surface area (Å²) >= 11 is 4.34. The van der Waals surface area contributed by atoms with Crippen molar-refractivity contribution in [3.63, 3.8) is 0 Å². The predicted octanol–water partition coefficient (Wildman–Crippen LogP) is 2.07. The molecule has 0 aromatic heterocycles. The van der Waals surface area contributed by atoms with E-state index < -0.39 is 5.05 Å². The smallest absolute Gasteiger partial charge is 0.225 e. The number of thiocarbonyl (C=S) groups is 1. The third-order valence-electron chi connectivity index (χ3n) is 1.72. The molecule has 0 bridgehead atoms. The molecule has 0 radical (unpaired) electrons. The Bertz CT molecular complexity index is 306. The van der Waals surface area contributed by atoms with Crippen LogP contribution in [0.4, 0.5) is 0 Å². The number of carbonyl (C=O) groups is 1. The van der Waals surface area contributed by atoms with Gasteiger partial charge in [-0.1, -0.05) is 30.3 Å². The van der Waals surface area contributed by atoms with Crippen LogP contribution in [-0.2, 0) is 11.2 Å². The van der Waals surface area contributed by atoms with E-state index >= 15 is 0 Å². The molecule has 1 N–H and O–H groups in total. The Morgan fingerprint density at radius 2 is 1.92 bits per heavy atom. The van der Waals surface area contributed by atoms with E-state index in [4.69, 9.17) is 5.11 Å². The Balaban J connectivity index is 2.44. The minimum absolute atomic E-state index is 0.277. The lowest BCUT2D eigenvalue weighted by Gasteiger charge is -1.98. The van der Waals surface area contributed by atoms with Gasteiger partial charge in [-0.2, -0.15) is 0 Å². The Labute approximate surface area is 82.2 Å². The van der Waals surface area contributed by atoms with Crippen molar-refractivity contribution in [2.45, 2.75) is 12.8 Å². The molecule has 1 aromatic carbocycles. The molecule has 68 valence electrons. The van der Waals surface area contributed by atoms with Crippen molar-refractivity contribution in [1.29, 1.82) is 0 Å². The zero-order valence-electron chi connectivity index (χ0n) is 7.06. The van der Waals surface area contributed by atoms with Gasteiger partial charge in [0, 0.05) is 6.42 Å². The lowest BCUT2D eigenvalue weighted by Crippen LogP contribution is -2.10. The second-order valence-electron chi connectivity index (χ2n) is 2.71. The van der Waals surface area contributed by atoms with Gasteiger partial charge in [0.1, 0.15) is 0 Å². The van der Waals surface area contributed by atoms with E-state index in [0.29, 0.717) is 6.42 Å². The quantitative estimate of drug-likeness (QED) is 0.745. The molecule has 13 heavy (non-hydrogen) atoms. The van der Waals surface area contributed by atoms with Crippen molar-refractivity contribution in [3.8, 4) is 0 Å². The van der Waals surface area contributed by atoms with Gasteiger partial charge in [0.15, 0.2) is 0 Å². The van der Waals surface area contributed by atoms with Crippen molar-refractivity contribution in [2.75, 3.05) is 0 Å². The topological polar surface area (TPSA) is 37.3 Å². The maximum Gasteiger partial charge on any atom is 0.225 e. The Morgan fingerprint density at radius 3 is 2.46 bits per heavy atom. The second kappa shape index (κ2) is 4.72. The average Bonchev–Trinajstić information content (AvgIpc) is 2.15. The van der Waals surface area contributed by atoms with E-state index in [1.165, 1.54) is 0 Å². The third kappa shape index (κ3) is 3.34. The molecule has 0 fully saturated rings. The minimum Gasteiger partial charge on any atom is -0.496 e. The van der Waals surface area contributed by atoms with Crippen molar-refractivity contribution in [2.24, 2.45) is 0 Å². The maximum atomic E-state index is 10.9. The zero-order chi connectivity index (χ0) is 9.68. The summed E-state index contributed by atoms with van der Waals surface area (Å²) in [5.41, 5.74) is 1.08. The van der Waals surface area contributed by atoms with E-state index in [1.807, 2.05) is 30.3 Å². The van der Waals surface area contributed by atoms with Crippen LogP contribution in [-0.4, -0.2) is 15.9 Å². The largest absolute Gasteiger partial charge is 0.496 e. The van der Waals surface area contributed by atoms with Crippen molar-refractivity contribution in [3.05, 3.63) is 35.9 Å². The number of hydrogen-bond donors (Lipinski definition) is 1. The van der Waals surface area contributed by atoms with Gasteiger partial charge in [-0.25, -0.2) is 0 Å². The summed E-state index contributed by atoms with van der Waals surface area (Å²) in [7, 11) is 0. The second-order valence-corrected chi connectivity index (χ2v) is 3.10. The number of aryl methyl sites for hydroxylation is 1. The highest BCUT2D eigenvalue weighted by atomic mass is 32.1. The monoisotopic (exact) mass is 194 g/mol. The summed E-state index contributed by atoms with van der Waals surface area (Å²) in [6.45, 7) is 0. The van der Waals surface area contributed by atoms with Crippen LogP contribution >= 0.6 is 12.2 Å². The number of benzene rings is 1. The van der Waals surface area contributed by atoms with Gasteiger partial charge in [0.2, 0.25) is 10.8 Å². The normalized spacial score (nSPS) is 9.54. The van der Waals surface area contributed by atoms with Crippen molar-refractivity contribution >= 4 is 23.1 Å². The first-order valence-electron chi connectivity index (χ1n) is 4.00. The molecular weight excluding hydrogens is 184 g/mol. The first-order valence-corrected chi connectivity index (χ1v) is 4.41.